The van der Waals surface area contributed by atoms with E-state index in [2.05, 4.69) is 19.2 Å². The first-order valence-corrected chi connectivity index (χ1v) is 5.31. The molecular weight excluding hydrogens is 164 g/mol. The summed E-state index contributed by atoms with van der Waals surface area (Å²) < 4.78 is 5.70. The van der Waals surface area contributed by atoms with E-state index in [1.807, 2.05) is 0 Å². The summed E-state index contributed by atoms with van der Waals surface area (Å²) in [4.78, 5) is 0. The van der Waals surface area contributed by atoms with Crippen molar-refractivity contribution in [2.45, 2.75) is 51.4 Å². The molecule has 0 radical (unpaired) electrons. The average Bonchev–Trinajstić information content (AvgIpc) is 2.49. The lowest BCUT2D eigenvalue weighted by atomic mass is 10.2. The third kappa shape index (κ3) is 4.07. The second-order valence-corrected chi connectivity index (χ2v) is 4.03. The van der Waals surface area contributed by atoms with E-state index in [0.29, 0.717) is 18.2 Å². The van der Waals surface area contributed by atoms with Crippen molar-refractivity contribution in [1.82, 2.24) is 5.32 Å². The molecule has 1 saturated heterocycles. The number of rotatable bonds is 5. The minimum Gasteiger partial charge on any atom is -0.374 e. The monoisotopic (exact) mass is 186 g/mol. The van der Waals surface area contributed by atoms with E-state index in [0.717, 1.165) is 19.5 Å². The molecule has 1 aliphatic heterocycles. The Balaban J connectivity index is 2.05. The molecule has 0 saturated carbocycles. The van der Waals surface area contributed by atoms with E-state index < -0.39 is 0 Å². The molecule has 0 aromatic rings. The predicted octanol–water partition coefficient (Wildman–Crippen LogP) is 0.881. The van der Waals surface area contributed by atoms with Crippen LogP contribution in [0.15, 0.2) is 0 Å². The van der Waals surface area contributed by atoms with E-state index in [1.54, 1.807) is 0 Å². The van der Waals surface area contributed by atoms with Gasteiger partial charge in [-0.05, 0) is 39.7 Å². The maximum absolute atomic E-state index is 5.70. The van der Waals surface area contributed by atoms with Crippen LogP contribution in [0.4, 0.5) is 0 Å². The van der Waals surface area contributed by atoms with Crippen molar-refractivity contribution in [2.75, 3.05) is 13.1 Å². The molecule has 3 N–H and O–H groups in total. The highest BCUT2D eigenvalue weighted by Crippen LogP contribution is 2.18. The smallest absolute Gasteiger partial charge is 0.0704 e. The largest absolute Gasteiger partial charge is 0.374 e. The summed E-state index contributed by atoms with van der Waals surface area (Å²) in [5.41, 5.74) is 5.46. The molecule has 0 amide bonds. The van der Waals surface area contributed by atoms with Crippen molar-refractivity contribution in [1.29, 1.82) is 0 Å². The fourth-order valence-electron chi connectivity index (χ4n) is 1.72. The van der Waals surface area contributed by atoms with Gasteiger partial charge < -0.3 is 15.8 Å². The van der Waals surface area contributed by atoms with E-state index in [9.17, 15) is 0 Å². The summed E-state index contributed by atoms with van der Waals surface area (Å²) in [6, 6.07) is 0.518. The third-order valence-corrected chi connectivity index (χ3v) is 2.61. The van der Waals surface area contributed by atoms with Gasteiger partial charge in [0.2, 0.25) is 0 Å². The lowest BCUT2D eigenvalue weighted by molar-refractivity contribution is 0.0545. The highest BCUT2D eigenvalue weighted by atomic mass is 16.5. The maximum atomic E-state index is 5.70. The molecule has 0 aromatic heterocycles. The van der Waals surface area contributed by atoms with Crippen molar-refractivity contribution >= 4 is 0 Å². The van der Waals surface area contributed by atoms with Crippen molar-refractivity contribution in [3.63, 3.8) is 0 Å². The summed E-state index contributed by atoms with van der Waals surface area (Å²) in [5.74, 6) is 0. The molecule has 1 heterocycles. The summed E-state index contributed by atoms with van der Waals surface area (Å²) in [7, 11) is 0. The molecule has 3 heteroatoms. The standard InChI is InChI=1S/C10H22N2O/c1-8(5-6-11)12-7-10-4-3-9(2)13-10/h8-10,12H,3-7,11H2,1-2H3. The summed E-state index contributed by atoms with van der Waals surface area (Å²) >= 11 is 0. The third-order valence-electron chi connectivity index (χ3n) is 2.61. The van der Waals surface area contributed by atoms with Gasteiger partial charge >= 0.3 is 0 Å². The van der Waals surface area contributed by atoms with E-state index in [-0.39, 0.29) is 0 Å². The Morgan fingerprint density at radius 3 is 2.85 bits per heavy atom. The number of ether oxygens (including phenoxy) is 1. The molecule has 0 spiro atoms. The molecule has 1 rings (SSSR count). The fraction of sp³-hybridized carbons (Fsp3) is 1.00. The van der Waals surface area contributed by atoms with Gasteiger partial charge in [0.1, 0.15) is 0 Å². The van der Waals surface area contributed by atoms with Crippen LogP contribution in [0, 0.1) is 0 Å². The molecule has 3 unspecified atom stereocenters. The van der Waals surface area contributed by atoms with Gasteiger partial charge in [0.25, 0.3) is 0 Å². The minimum atomic E-state index is 0.426. The molecule has 1 aliphatic rings. The first-order chi connectivity index (χ1) is 6.22. The Morgan fingerprint density at radius 1 is 1.54 bits per heavy atom. The van der Waals surface area contributed by atoms with Crippen LogP contribution in [0.5, 0.6) is 0 Å². The number of hydrogen-bond donors (Lipinski definition) is 2. The topological polar surface area (TPSA) is 47.3 Å². The zero-order valence-corrected chi connectivity index (χ0v) is 8.75. The summed E-state index contributed by atoms with van der Waals surface area (Å²) in [6.45, 7) is 6.05. The highest BCUT2D eigenvalue weighted by Gasteiger charge is 2.21. The molecule has 0 aromatic carbocycles. The van der Waals surface area contributed by atoms with Crippen molar-refractivity contribution in [3.05, 3.63) is 0 Å². The van der Waals surface area contributed by atoms with E-state index >= 15 is 0 Å². The molecule has 3 nitrogen and oxygen atoms in total. The average molecular weight is 186 g/mol. The molecule has 0 aliphatic carbocycles. The molecule has 13 heavy (non-hydrogen) atoms. The van der Waals surface area contributed by atoms with Crippen molar-refractivity contribution in [2.24, 2.45) is 5.73 Å². The normalized spacial score (nSPS) is 30.7. The molecule has 78 valence electrons. The Labute approximate surface area is 81.0 Å². The Bertz CT molecular complexity index is 141. The summed E-state index contributed by atoms with van der Waals surface area (Å²) in [5, 5.41) is 3.44. The molecule has 0 bridgehead atoms. The Morgan fingerprint density at radius 2 is 2.31 bits per heavy atom. The minimum absolute atomic E-state index is 0.426. The lowest BCUT2D eigenvalue weighted by Gasteiger charge is -2.16. The van der Waals surface area contributed by atoms with Gasteiger partial charge in [-0.2, -0.15) is 0 Å². The van der Waals surface area contributed by atoms with Crippen LogP contribution >= 0.6 is 0 Å². The second-order valence-electron chi connectivity index (χ2n) is 4.03. The quantitative estimate of drug-likeness (QED) is 0.670. The van der Waals surface area contributed by atoms with E-state index in [4.69, 9.17) is 10.5 Å². The van der Waals surface area contributed by atoms with Gasteiger partial charge in [0, 0.05) is 12.6 Å². The Hall–Kier alpha value is -0.120. The van der Waals surface area contributed by atoms with Crippen LogP contribution in [-0.4, -0.2) is 31.3 Å². The zero-order chi connectivity index (χ0) is 9.68. The van der Waals surface area contributed by atoms with Crippen LogP contribution in [0.3, 0.4) is 0 Å². The molecule has 3 atom stereocenters. The van der Waals surface area contributed by atoms with Crippen molar-refractivity contribution in [3.8, 4) is 0 Å². The number of nitrogens with one attached hydrogen (secondary N) is 1. The van der Waals surface area contributed by atoms with Crippen LogP contribution in [0.25, 0.3) is 0 Å². The maximum Gasteiger partial charge on any atom is 0.0704 e. The highest BCUT2D eigenvalue weighted by molar-refractivity contribution is 4.74. The zero-order valence-electron chi connectivity index (χ0n) is 8.75. The molecule has 1 fully saturated rings. The van der Waals surface area contributed by atoms with Crippen LogP contribution in [-0.2, 0) is 4.74 Å². The van der Waals surface area contributed by atoms with Gasteiger partial charge in [-0.25, -0.2) is 0 Å². The summed E-state index contributed by atoms with van der Waals surface area (Å²) in [6.07, 6.45) is 4.33. The van der Waals surface area contributed by atoms with Gasteiger partial charge in [-0.3, -0.25) is 0 Å². The SMILES string of the molecule is CC(CCN)NCC1CCC(C)O1. The number of hydrogen-bond acceptors (Lipinski definition) is 3. The lowest BCUT2D eigenvalue weighted by Crippen LogP contribution is -2.35. The van der Waals surface area contributed by atoms with E-state index in [1.165, 1.54) is 12.8 Å². The predicted molar refractivity (Wildman–Crippen MR) is 54.7 cm³/mol. The van der Waals surface area contributed by atoms with Gasteiger partial charge in [0.05, 0.1) is 12.2 Å². The Kier molecular flexibility index (Phi) is 4.70. The van der Waals surface area contributed by atoms with Gasteiger partial charge in [0.15, 0.2) is 0 Å². The van der Waals surface area contributed by atoms with Crippen LogP contribution in [0.1, 0.15) is 33.1 Å². The van der Waals surface area contributed by atoms with Crippen LogP contribution in [0.2, 0.25) is 0 Å². The first-order valence-electron chi connectivity index (χ1n) is 5.31. The number of nitrogens with two attached hydrogens (primary N) is 1. The van der Waals surface area contributed by atoms with Gasteiger partial charge in [-0.15, -0.1) is 0 Å². The van der Waals surface area contributed by atoms with Crippen LogP contribution < -0.4 is 11.1 Å². The van der Waals surface area contributed by atoms with Gasteiger partial charge in [-0.1, -0.05) is 0 Å². The first kappa shape index (κ1) is 11.0. The fourth-order valence-corrected chi connectivity index (χ4v) is 1.72. The second kappa shape index (κ2) is 5.58. The van der Waals surface area contributed by atoms with Crippen molar-refractivity contribution < 1.29 is 4.74 Å². The molecular formula is C10H22N2O.